The Hall–Kier alpha value is -4.79. The lowest BCUT2D eigenvalue weighted by Gasteiger charge is -2.19. The van der Waals surface area contributed by atoms with Crippen molar-refractivity contribution in [2.24, 2.45) is 0 Å². The molecule has 0 unspecified atom stereocenters. The average Bonchev–Trinajstić information content (AvgIpc) is 2.90. The van der Waals surface area contributed by atoms with Gasteiger partial charge in [0, 0.05) is 37.1 Å². The highest BCUT2D eigenvalue weighted by Crippen LogP contribution is 2.28. The van der Waals surface area contributed by atoms with Crippen LogP contribution in [0.5, 0.6) is 5.75 Å². The number of nitrogens with one attached hydrogen (secondary N) is 2. The van der Waals surface area contributed by atoms with E-state index in [0.717, 1.165) is 16.8 Å². The van der Waals surface area contributed by atoms with Gasteiger partial charge in [0.05, 0.1) is 23.8 Å². The number of urea groups is 1. The van der Waals surface area contributed by atoms with Crippen LogP contribution in [0.3, 0.4) is 0 Å². The molecule has 2 aromatic carbocycles. The Labute approximate surface area is 209 Å². The Morgan fingerprint density at radius 2 is 1.72 bits per heavy atom. The number of hydrogen-bond donors (Lipinski definition) is 2. The van der Waals surface area contributed by atoms with Crippen LogP contribution in [0.15, 0.2) is 85.5 Å². The molecule has 3 amide bonds. The minimum absolute atomic E-state index is 0.170. The van der Waals surface area contributed by atoms with E-state index < -0.39 is 6.03 Å². The summed E-state index contributed by atoms with van der Waals surface area (Å²) in [4.78, 5) is 39.7. The van der Waals surface area contributed by atoms with Crippen molar-refractivity contribution < 1.29 is 14.3 Å². The van der Waals surface area contributed by atoms with E-state index in [1.165, 1.54) is 6.20 Å². The molecule has 0 fully saturated rings. The number of amides is 3. The standard InChI is InChI=1S/C27H26N6O3/c1-19-14-30-25(16-29-19)32-27(35)31-23-11-10-22(13-24(23)36-18-21-9-6-12-28-15-21)26(34)33(2)17-20-7-4-3-5-8-20/h3-16H,17-18H2,1-2H3,(H2,30,31,32,35). The van der Waals surface area contributed by atoms with E-state index in [9.17, 15) is 9.59 Å². The fourth-order valence-corrected chi connectivity index (χ4v) is 3.40. The number of nitrogens with zero attached hydrogens (tertiary/aromatic N) is 4. The van der Waals surface area contributed by atoms with Crippen LogP contribution in [0.4, 0.5) is 16.3 Å². The quantitative estimate of drug-likeness (QED) is 0.378. The van der Waals surface area contributed by atoms with Crippen LogP contribution in [0, 0.1) is 6.92 Å². The monoisotopic (exact) mass is 482 g/mol. The summed E-state index contributed by atoms with van der Waals surface area (Å²) < 4.78 is 6.00. The van der Waals surface area contributed by atoms with Gasteiger partial charge in [-0.3, -0.25) is 20.1 Å². The molecule has 0 saturated carbocycles. The third-order valence-corrected chi connectivity index (χ3v) is 5.23. The van der Waals surface area contributed by atoms with Crippen LogP contribution in [-0.2, 0) is 13.2 Å². The van der Waals surface area contributed by atoms with Gasteiger partial charge in [0.15, 0.2) is 5.82 Å². The molecule has 182 valence electrons. The molecule has 0 aliphatic carbocycles. The number of carbonyl (C=O) groups excluding carboxylic acids is 2. The fourth-order valence-electron chi connectivity index (χ4n) is 3.40. The summed E-state index contributed by atoms with van der Waals surface area (Å²) in [5.41, 5.74) is 3.45. The van der Waals surface area contributed by atoms with Gasteiger partial charge < -0.3 is 15.0 Å². The third-order valence-electron chi connectivity index (χ3n) is 5.23. The summed E-state index contributed by atoms with van der Waals surface area (Å²) >= 11 is 0. The predicted molar refractivity (Wildman–Crippen MR) is 137 cm³/mol. The molecule has 0 aliphatic rings. The molecule has 4 aromatic rings. The van der Waals surface area contributed by atoms with Gasteiger partial charge in [0.25, 0.3) is 5.91 Å². The van der Waals surface area contributed by atoms with Gasteiger partial charge >= 0.3 is 6.03 Å². The Morgan fingerprint density at radius 1 is 0.917 bits per heavy atom. The highest BCUT2D eigenvalue weighted by atomic mass is 16.5. The second-order valence-electron chi connectivity index (χ2n) is 8.13. The maximum absolute atomic E-state index is 13.1. The summed E-state index contributed by atoms with van der Waals surface area (Å²) in [6.45, 7) is 2.49. The second kappa shape index (κ2) is 11.6. The Bertz CT molecular complexity index is 1310. The number of aryl methyl sites for hydroxylation is 1. The first-order chi connectivity index (χ1) is 17.5. The molecule has 36 heavy (non-hydrogen) atoms. The van der Waals surface area contributed by atoms with Gasteiger partial charge in [-0.25, -0.2) is 9.78 Å². The third kappa shape index (κ3) is 6.63. The lowest BCUT2D eigenvalue weighted by atomic mass is 10.1. The van der Waals surface area contributed by atoms with E-state index in [2.05, 4.69) is 25.6 Å². The number of rotatable bonds is 8. The van der Waals surface area contributed by atoms with E-state index in [1.807, 2.05) is 49.4 Å². The first-order valence-corrected chi connectivity index (χ1v) is 11.3. The van der Waals surface area contributed by atoms with Crippen molar-refractivity contribution in [2.75, 3.05) is 17.7 Å². The van der Waals surface area contributed by atoms with Crippen LogP contribution in [-0.4, -0.2) is 38.8 Å². The predicted octanol–water partition coefficient (Wildman–Crippen LogP) is 4.68. The molecule has 0 aliphatic heterocycles. The minimum atomic E-state index is -0.514. The Balaban J connectivity index is 1.52. The van der Waals surface area contributed by atoms with Gasteiger partial charge in [-0.1, -0.05) is 36.4 Å². The largest absolute Gasteiger partial charge is 0.487 e. The summed E-state index contributed by atoms with van der Waals surface area (Å²) in [6, 6.07) is 17.8. The van der Waals surface area contributed by atoms with Gasteiger partial charge in [0.1, 0.15) is 12.4 Å². The lowest BCUT2D eigenvalue weighted by molar-refractivity contribution is 0.0784. The molecule has 2 N–H and O–H groups in total. The van der Waals surface area contributed by atoms with Crippen molar-refractivity contribution in [3.05, 3.63) is 108 Å². The fraction of sp³-hybridized carbons (Fsp3) is 0.148. The van der Waals surface area contributed by atoms with E-state index in [0.29, 0.717) is 29.4 Å². The van der Waals surface area contributed by atoms with Crippen molar-refractivity contribution in [1.29, 1.82) is 0 Å². The second-order valence-corrected chi connectivity index (χ2v) is 8.13. The molecule has 9 nitrogen and oxygen atoms in total. The first-order valence-electron chi connectivity index (χ1n) is 11.3. The van der Waals surface area contributed by atoms with Crippen molar-refractivity contribution in [1.82, 2.24) is 19.9 Å². The molecule has 2 heterocycles. The van der Waals surface area contributed by atoms with Crippen molar-refractivity contribution in [2.45, 2.75) is 20.1 Å². The number of aromatic nitrogens is 3. The molecule has 0 radical (unpaired) electrons. The van der Waals surface area contributed by atoms with Crippen LogP contribution in [0.1, 0.15) is 27.2 Å². The van der Waals surface area contributed by atoms with Crippen LogP contribution in [0.2, 0.25) is 0 Å². The number of anilines is 2. The Morgan fingerprint density at radius 3 is 2.44 bits per heavy atom. The van der Waals surface area contributed by atoms with E-state index in [4.69, 9.17) is 4.74 Å². The SMILES string of the molecule is Cc1cnc(NC(=O)Nc2ccc(C(=O)N(C)Cc3ccccc3)cc2OCc2cccnc2)cn1. The maximum atomic E-state index is 13.1. The number of ether oxygens (including phenoxy) is 1. The summed E-state index contributed by atoms with van der Waals surface area (Å²) in [5.74, 6) is 0.490. The van der Waals surface area contributed by atoms with Crippen LogP contribution < -0.4 is 15.4 Å². The molecule has 0 bridgehead atoms. The zero-order chi connectivity index (χ0) is 25.3. The Kier molecular flexibility index (Phi) is 7.82. The van der Waals surface area contributed by atoms with Crippen molar-refractivity contribution in [3.63, 3.8) is 0 Å². The molecule has 2 aromatic heterocycles. The van der Waals surface area contributed by atoms with Crippen LogP contribution >= 0.6 is 0 Å². The molecule has 0 saturated heterocycles. The molecular formula is C27H26N6O3. The summed E-state index contributed by atoms with van der Waals surface area (Å²) in [6.07, 6.45) is 6.40. The number of carbonyl (C=O) groups is 2. The van der Waals surface area contributed by atoms with Crippen molar-refractivity contribution in [3.8, 4) is 5.75 Å². The van der Waals surface area contributed by atoms with E-state index in [-0.39, 0.29) is 12.5 Å². The molecule has 0 spiro atoms. The van der Waals surface area contributed by atoms with Crippen LogP contribution in [0.25, 0.3) is 0 Å². The maximum Gasteiger partial charge on any atom is 0.324 e. The van der Waals surface area contributed by atoms with Gasteiger partial charge in [-0.2, -0.15) is 0 Å². The summed E-state index contributed by atoms with van der Waals surface area (Å²) in [7, 11) is 1.74. The number of benzene rings is 2. The van der Waals surface area contributed by atoms with E-state index in [1.54, 1.807) is 48.7 Å². The molecule has 9 heteroatoms. The van der Waals surface area contributed by atoms with E-state index >= 15 is 0 Å². The normalized spacial score (nSPS) is 10.4. The lowest BCUT2D eigenvalue weighted by Crippen LogP contribution is -2.26. The zero-order valence-electron chi connectivity index (χ0n) is 20.0. The minimum Gasteiger partial charge on any atom is -0.487 e. The molecule has 4 rings (SSSR count). The van der Waals surface area contributed by atoms with Gasteiger partial charge in [0.2, 0.25) is 0 Å². The average molecular weight is 483 g/mol. The number of hydrogen-bond acceptors (Lipinski definition) is 6. The summed E-state index contributed by atoms with van der Waals surface area (Å²) in [5, 5.41) is 5.40. The zero-order valence-corrected chi connectivity index (χ0v) is 20.0. The highest BCUT2D eigenvalue weighted by molar-refractivity contribution is 6.01. The highest BCUT2D eigenvalue weighted by Gasteiger charge is 2.17. The number of pyridine rings is 1. The van der Waals surface area contributed by atoms with Crippen molar-refractivity contribution >= 4 is 23.4 Å². The molecule has 0 atom stereocenters. The van der Waals surface area contributed by atoms with Gasteiger partial charge in [-0.05, 0) is 36.8 Å². The smallest absolute Gasteiger partial charge is 0.324 e. The van der Waals surface area contributed by atoms with Gasteiger partial charge in [-0.15, -0.1) is 0 Å². The molecular weight excluding hydrogens is 456 g/mol. The first kappa shape index (κ1) is 24.3. The topological polar surface area (TPSA) is 109 Å².